The highest BCUT2D eigenvalue weighted by Gasteiger charge is 2.25. The molecule has 1 aromatic carbocycles. The summed E-state index contributed by atoms with van der Waals surface area (Å²) in [5, 5.41) is 9.44. The summed E-state index contributed by atoms with van der Waals surface area (Å²) in [7, 11) is 0. The Bertz CT molecular complexity index is 702. The minimum Gasteiger partial charge on any atom is -0.376 e. The Labute approximate surface area is 154 Å². The van der Waals surface area contributed by atoms with Crippen LogP contribution in [-0.4, -0.2) is 55.0 Å². The zero-order valence-corrected chi connectivity index (χ0v) is 15.2. The Morgan fingerprint density at radius 1 is 1.19 bits per heavy atom. The van der Waals surface area contributed by atoms with Crippen molar-refractivity contribution in [2.75, 3.05) is 44.2 Å². The number of nitrogens with zero attached hydrogens (tertiary/aromatic N) is 4. The van der Waals surface area contributed by atoms with Crippen molar-refractivity contribution in [3.05, 3.63) is 41.9 Å². The van der Waals surface area contributed by atoms with Crippen molar-refractivity contribution in [1.82, 2.24) is 9.80 Å². The van der Waals surface area contributed by atoms with Crippen LogP contribution < -0.4 is 4.90 Å². The van der Waals surface area contributed by atoms with Crippen molar-refractivity contribution < 1.29 is 9.18 Å². The van der Waals surface area contributed by atoms with Crippen molar-refractivity contribution >= 4 is 11.6 Å². The standard InChI is InChI=1S/C20H25FN4O/c1-16-3-2-8-23(14-16)15-17(13-22)20(26)25-11-9-24(10-12-25)19-6-4-18(21)5-7-19/h4-7,15-16H,2-3,8-12,14H2,1H3/b17-15-. The second-order valence-electron chi connectivity index (χ2n) is 7.15. The van der Waals surface area contributed by atoms with E-state index in [1.54, 1.807) is 23.2 Å². The van der Waals surface area contributed by atoms with E-state index in [1.165, 1.54) is 18.6 Å². The van der Waals surface area contributed by atoms with Crippen LogP contribution in [0, 0.1) is 23.1 Å². The van der Waals surface area contributed by atoms with Crippen molar-refractivity contribution in [2.24, 2.45) is 5.92 Å². The van der Waals surface area contributed by atoms with E-state index in [9.17, 15) is 14.4 Å². The molecule has 6 heteroatoms. The number of carbonyl (C=O) groups excluding carboxylic acids is 1. The van der Waals surface area contributed by atoms with Crippen LogP contribution in [0.3, 0.4) is 0 Å². The second kappa shape index (κ2) is 8.22. The zero-order valence-electron chi connectivity index (χ0n) is 15.2. The first-order valence-electron chi connectivity index (χ1n) is 9.22. The maximum absolute atomic E-state index is 13.1. The van der Waals surface area contributed by atoms with Crippen molar-refractivity contribution in [3.63, 3.8) is 0 Å². The third kappa shape index (κ3) is 4.34. The van der Waals surface area contributed by atoms with Crippen LogP contribution >= 0.6 is 0 Å². The molecule has 0 saturated carbocycles. The van der Waals surface area contributed by atoms with Gasteiger partial charge in [0.15, 0.2) is 0 Å². The number of benzene rings is 1. The van der Waals surface area contributed by atoms with Gasteiger partial charge in [-0.3, -0.25) is 4.79 Å². The molecule has 0 bridgehead atoms. The first-order valence-corrected chi connectivity index (χ1v) is 9.22. The molecule has 2 fully saturated rings. The molecule has 5 nitrogen and oxygen atoms in total. The molecule has 1 atom stereocenters. The summed E-state index contributed by atoms with van der Waals surface area (Å²) >= 11 is 0. The van der Waals surface area contributed by atoms with Gasteiger partial charge in [-0.15, -0.1) is 0 Å². The molecule has 1 unspecified atom stereocenters. The monoisotopic (exact) mass is 356 g/mol. The molecule has 0 aliphatic carbocycles. The van der Waals surface area contributed by atoms with Crippen LogP contribution in [0.5, 0.6) is 0 Å². The predicted molar refractivity (Wildman–Crippen MR) is 98.9 cm³/mol. The number of anilines is 1. The van der Waals surface area contributed by atoms with Crippen LogP contribution in [0.2, 0.25) is 0 Å². The van der Waals surface area contributed by atoms with E-state index in [4.69, 9.17) is 0 Å². The molecule has 0 spiro atoms. The summed E-state index contributed by atoms with van der Waals surface area (Å²) in [5.74, 6) is 0.150. The average Bonchev–Trinajstić information content (AvgIpc) is 2.66. The predicted octanol–water partition coefficient (Wildman–Crippen LogP) is 2.61. The van der Waals surface area contributed by atoms with Crippen molar-refractivity contribution in [2.45, 2.75) is 19.8 Å². The number of hydrogen-bond acceptors (Lipinski definition) is 4. The van der Waals surface area contributed by atoms with Gasteiger partial charge in [-0.1, -0.05) is 6.92 Å². The Balaban J connectivity index is 1.59. The molecule has 2 heterocycles. The molecule has 0 N–H and O–H groups in total. The van der Waals surface area contributed by atoms with Crippen molar-refractivity contribution in [3.8, 4) is 6.07 Å². The Morgan fingerprint density at radius 3 is 2.50 bits per heavy atom. The average molecular weight is 356 g/mol. The topological polar surface area (TPSA) is 50.6 Å². The molecule has 2 saturated heterocycles. The lowest BCUT2D eigenvalue weighted by molar-refractivity contribution is -0.127. The zero-order chi connectivity index (χ0) is 18.5. The van der Waals surface area contributed by atoms with Crippen molar-refractivity contribution in [1.29, 1.82) is 5.26 Å². The number of piperidine rings is 1. The van der Waals surface area contributed by atoms with Gasteiger partial charge in [0.2, 0.25) is 0 Å². The highest BCUT2D eigenvalue weighted by atomic mass is 19.1. The fraction of sp³-hybridized carbons (Fsp3) is 0.500. The molecule has 26 heavy (non-hydrogen) atoms. The maximum Gasteiger partial charge on any atom is 0.266 e. The minimum atomic E-state index is -0.251. The molecule has 0 aromatic heterocycles. The molecule has 2 aliphatic heterocycles. The van der Waals surface area contributed by atoms with E-state index in [0.717, 1.165) is 25.2 Å². The third-order valence-corrected chi connectivity index (χ3v) is 5.11. The second-order valence-corrected chi connectivity index (χ2v) is 7.15. The lowest BCUT2D eigenvalue weighted by Crippen LogP contribution is -2.49. The third-order valence-electron chi connectivity index (χ3n) is 5.11. The lowest BCUT2D eigenvalue weighted by Gasteiger charge is -2.36. The molecule has 2 aliphatic rings. The van der Waals surface area contributed by atoms with E-state index < -0.39 is 0 Å². The summed E-state index contributed by atoms with van der Waals surface area (Å²) in [5.41, 5.74) is 1.17. The van der Waals surface area contributed by atoms with Gasteiger partial charge in [0, 0.05) is 51.2 Å². The number of halogens is 1. The Hall–Kier alpha value is -2.55. The summed E-state index contributed by atoms with van der Waals surface area (Å²) in [4.78, 5) is 18.7. The van der Waals surface area contributed by atoms with E-state index in [0.29, 0.717) is 32.1 Å². The summed E-state index contributed by atoms with van der Waals surface area (Å²) < 4.78 is 13.1. The smallest absolute Gasteiger partial charge is 0.266 e. The lowest BCUT2D eigenvalue weighted by atomic mass is 10.0. The fourth-order valence-electron chi connectivity index (χ4n) is 3.65. The summed E-state index contributed by atoms with van der Waals surface area (Å²) in [6.45, 7) is 6.48. The summed E-state index contributed by atoms with van der Waals surface area (Å²) in [6, 6.07) is 8.49. The highest BCUT2D eigenvalue weighted by molar-refractivity contribution is 5.97. The highest BCUT2D eigenvalue weighted by Crippen LogP contribution is 2.19. The van der Waals surface area contributed by atoms with Gasteiger partial charge in [0.25, 0.3) is 5.91 Å². The SMILES string of the molecule is CC1CCCN(/C=C(/C#N)C(=O)N2CCN(c3ccc(F)cc3)CC2)C1. The van der Waals surface area contributed by atoms with Crippen LogP contribution in [0.1, 0.15) is 19.8 Å². The van der Waals surface area contributed by atoms with E-state index in [1.807, 2.05) is 0 Å². The molecule has 0 radical (unpaired) electrons. The number of likely N-dealkylation sites (tertiary alicyclic amines) is 1. The van der Waals surface area contributed by atoms with Gasteiger partial charge in [-0.25, -0.2) is 4.39 Å². The van der Waals surface area contributed by atoms with Crippen LogP contribution in [0.15, 0.2) is 36.0 Å². The van der Waals surface area contributed by atoms with Crippen LogP contribution in [0.25, 0.3) is 0 Å². The van der Waals surface area contributed by atoms with Gasteiger partial charge in [-0.05, 0) is 43.0 Å². The van der Waals surface area contributed by atoms with E-state index in [2.05, 4.69) is 22.8 Å². The largest absolute Gasteiger partial charge is 0.376 e. The molecule has 138 valence electrons. The normalized spacial score (nSPS) is 21.5. The fourth-order valence-corrected chi connectivity index (χ4v) is 3.65. The summed E-state index contributed by atoms with van der Waals surface area (Å²) in [6.07, 6.45) is 4.04. The number of piperazine rings is 1. The number of rotatable bonds is 3. The number of hydrogen-bond donors (Lipinski definition) is 0. The van der Waals surface area contributed by atoms with Crippen LogP contribution in [-0.2, 0) is 4.79 Å². The van der Waals surface area contributed by atoms with Gasteiger partial charge in [-0.2, -0.15) is 5.26 Å². The van der Waals surface area contributed by atoms with E-state index >= 15 is 0 Å². The van der Waals surface area contributed by atoms with Gasteiger partial charge in [0.1, 0.15) is 17.5 Å². The quantitative estimate of drug-likeness (QED) is 0.617. The number of nitriles is 1. The first kappa shape index (κ1) is 18.2. The molecular formula is C20H25FN4O. The van der Waals surface area contributed by atoms with Gasteiger partial charge < -0.3 is 14.7 Å². The molecule has 3 rings (SSSR count). The number of amides is 1. The van der Waals surface area contributed by atoms with Gasteiger partial charge >= 0.3 is 0 Å². The van der Waals surface area contributed by atoms with Crippen LogP contribution in [0.4, 0.5) is 10.1 Å². The molecule has 1 aromatic rings. The first-order chi connectivity index (χ1) is 12.6. The molecule has 1 amide bonds. The van der Waals surface area contributed by atoms with Gasteiger partial charge in [0.05, 0.1) is 0 Å². The van der Waals surface area contributed by atoms with E-state index in [-0.39, 0.29) is 17.3 Å². The maximum atomic E-state index is 13.1. The Kier molecular flexibility index (Phi) is 5.77. The molecular weight excluding hydrogens is 331 g/mol. The minimum absolute atomic E-state index is 0.190. The number of carbonyl (C=O) groups is 1. The Morgan fingerprint density at radius 2 is 1.88 bits per heavy atom.